The fourth-order valence-electron chi connectivity index (χ4n) is 7.74. The highest BCUT2D eigenvalue weighted by Crippen LogP contribution is 2.47. The molecule has 0 amide bonds. The summed E-state index contributed by atoms with van der Waals surface area (Å²) in [4.78, 5) is 2.35. The van der Waals surface area contributed by atoms with Crippen molar-refractivity contribution in [3.05, 3.63) is 200 Å². The van der Waals surface area contributed by atoms with E-state index in [4.69, 9.17) is 4.42 Å². The van der Waals surface area contributed by atoms with E-state index < -0.39 is 0 Å². The van der Waals surface area contributed by atoms with Crippen LogP contribution in [-0.4, -0.2) is 0 Å². The molecule has 9 aromatic carbocycles. The first-order chi connectivity index (χ1) is 25.8. The number of furan rings is 1. The molecular formula is C50H33NO. The summed E-state index contributed by atoms with van der Waals surface area (Å²) in [7, 11) is 0. The molecule has 0 unspecified atom stereocenters. The van der Waals surface area contributed by atoms with E-state index in [0.29, 0.717) is 0 Å². The van der Waals surface area contributed by atoms with Gasteiger partial charge in [0, 0.05) is 27.2 Å². The van der Waals surface area contributed by atoms with Gasteiger partial charge in [0.15, 0.2) is 5.58 Å². The van der Waals surface area contributed by atoms with Gasteiger partial charge in [-0.25, -0.2) is 0 Å². The molecule has 2 nitrogen and oxygen atoms in total. The molecule has 1 heterocycles. The predicted octanol–water partition coefficient (Wildman–Crippen LogP) is 14.4. The van der Waals surface area contributed by atoms with Crippen LogP contribution in [0, 0.1) is 0 Å². The number of hydrogen-bond donors (Lipinski definition) is 0. The third-order valence-corrected chi connectivity index (χ3v) is 10.3. The second-order valence-electron chi connectivity index (χ2n) is 13.3. The van der Waals surface area contributed by atoms with Crippen molar-refractivity contribution in [3.63, 3.8) is 0 Å². The Morgan fingerprint density at radius 2 is 0.788 bits per heavy atom. The number of benzene rings is 9. The average molecular weight is 664 g/mol. The number of hydrogen-bond acceptors (Lipinski definition) is 2. The Bertz CT molecular complexity index is 2870. The fourth-order valence-corrected chi connectivity index (χ4v) is 7.74. The number of para-hydroxylation sites is 1. The molecule has 0 bridgehead atoms. The van der Waals surface area contributed by atoms with Gasteiger partial charge in [-0.2, -0.15) is 0 Å². The minimum atomic E-state index is 0.860. The average Bonchev–Trinajstić information content (AvgIpc) is 3.61. The van der Waals surface area contributed by atoms with Gasteiger partial charge in [-0.1, -0.05) is 170 Å². The Balaban J connectivity index is 1.19. The van der Waals surface area contributed by atoms with E-state index in [9.17, 15) is 0 Å². The van der Waals surface area contributed by atoms with Crippen LogP contribution in [0.2, 0.25) is 0 Å². The van der Waals surface area contributed by atoms with Crippen LogP contribution >= 0.6 is 0 Å². The van der Waals surface area contributed by atoms with E-state index in [1.165, 1.54) is 49.5 Å². The van der Waals surface area contributed by atoms with Crippen LogP contribution in [-0.2, 0) is 0 Å². The second kappa shape index (κ2) is 12.5. The van der Waals surface area contributed by atoms with Gasteiger partial charge in [-0.15, -0.1) is 0 Å². The molecule has 0 atom stereocenters. The highest BCUT2D eigenvalue weighted by molar-refractivity contribution is 6.21. The van der Waals surface area contributed by atoms with Crippen molar-refractivity contribution >= 4 is 60.5 Å². The summed E-state index contributed by atoms with van der Waals surface area (Å²) in [6.07, 6.45) is 0. The number of rotatable bonds is 6. The summed E-state index contributed by atoms with van der Waals surface area (Å²) >= 11 is 0. The van der Waals surface area contributed by atoms with Crippen molar-refractivity contribution in [2.45, 2.75) is 0 Å². The maximum Gasteiger partial charge on any atom is 0.159 e. The molecule has 0 saturated carbocycles. The van der Waals surface area contributed by atoms with Crippen molar-refractivity contribution in [2.75, 3.05) is 4.90 Å². The van der Waals surface area contributed by atoms with Crippen LogP contribution in [0.25, 0.3) is 76.9 Å². The van der Waals surface area contributed by atoms with Gasteiger partial charge in [0.1, 0.15) is 5.58 Å². The van der Waals surface area contributed by atoms with Crippen molar-refractivity contribution in [3.8, 4) is 33.4 Å². The molecule has 0 aliphatic rings. The predicted molar refractivity (Wildman–Crippen MR) is 220 cm³/mol. The first-order valence-electron chi connectivity index (χ1n) is 17.8. The molecule has 244 valence electrons. The van der Waals surface area contributed by atoms with Gasteiger partial charge in [-0.05, 0) is 74.5 Å². The molecule has 0 aliphatic heterocycles. The van der Waals surface area contributed by atoms with E-state index >= 15 is 0 Å². The molecule has 10 rings (SSSR count). The van der Waals surface area contributed by atoms with Crippen LogP contribution in [0.15, 0.2) is 205 Å². The Hall–Kier alpha value is -6.90. The normalized spacial score (nSPS) is 11.5. The minimum Gasteiger partial charge on any atom is -0.453 e. The first-order valence-corrected chi connectivity index (χ1v) is 17.8. The maximum atomic E-state index is 7.05. The molecule has 0 spiro atoms. The van der Waals surface area contributed by atoms with E-state index in [1.54, 1.807) is 0 Å². The van der Waals surface area contributed by atoms with E-state index in [2.05, 4.69) is 205 Å². The molecule has 0 radical (unpaired) electrons. The van der Waals surface area contributed by atoms with Gasteiger partial charge in [-0.3, -0.25) is 0 Å². The molecule has 0 aliphatic carbocycles. The lowest BCUT2D eigenvalue weighted by atomic mass is 9.94. The molecule has 52 heavy (non-hydrogen) atoms. The van der Waals surface area contributed by atoms with E-state index in [1.807, 2.05) is 0 Å². The molecule has 1 aromatic heterocycles. The zero-order valence-corrected chi connectivity index (χ0v) is 28.4. The maximum absolute atomic E-state index is 7.05. The van der Waals surface area contributed by atoms with Gasteiger partial charge in [0.25, 0.3) is 0 Å². The molecule has 2 heteroatoms. The summed E-state index contributed by atoms with van der Waals surface area (Å²) in [5, 5.41) is 6.84. The summed E-state index contributed by atoms with van der Waals surface area (Å²) in [6, 6.07) is 71.5. The summed E-state index contributed by atoms with van der Waals surface area (Å²) in [5.74, 6) is 0. The van der Waals surface area contributed by atoms with Crippen molar-refractivity contribution in [2.24, 2.45) is 0 Å². The first kappa shape index (κ1) is 30.0. The fraction of sp³-hybridized carbons (Fsp3) is 0. The van der Waals surface area contributed by atoms with Crippen molar-refractivity contribution in [1.82, 2.24) is 0 Å². The Kier molecular flexibility index (Phi) is 7.18. The van der Waals surface area contributed by atoms with Crippen LogP contribution in [0.5, 0.6) is 0 Å². The van der Waals surface area contributed by atoms with Crippen LogP contribution in [0.1, 0.15) is 0 Å². The number of anilines is 3. The lowest BCUT2D eigenvalue weighted by Crippen LogP contribution is -2.10. The van der Waals surface area contributed by atoms with E-state index in [-0.39, 0.29) is 0 Å². The SMILES string of the molecule is c1ccc(-c2ccc(-c3cc4c5cccc(N(c6ccc(-c7ccccc7)cc6)c6cccc7ccccc67)c5oc4c4ccccc34)cc2)cc1. The van der Waals surface area contributed by atoms with Gasteiger partial charge < -0.3 is 9.32 Å². The monoisotopic (exact) mass is 663 g/mol. The van der Waals surface area contributed by atoms with E-state index in [0.717, 1.165) is 44.4 Å². The number of fused-ring (bicyclic) bond motifs is 6. The Morgan fingerprint density at radius 3 is 1.50 bits per heavy atom. The molecule has 0 fully saturated rings. The lowest BCUT2D eigenvalue weighted by Gasteiger charge is -2.27. The summed E-state index contributed by atoms with van der Waals surface area (Å²) in [6.45, 7) is 0. The third kappa shape index (κ3) is 5.04. The smallest absolute Gasteiger partial charge is 0.159 e. The number of nitrogens with zero attached hydrogens (tertiary/aromatic N) is 1. The quantitative estimate of drug-likeness (QED) is 0.176. The Labute approximate surface area is 302 Å². The highest BCUT2D eigenvalue weighted by atomic mass is 16.3. The lowest BCUT2D eigenvalue weighted by molar-refractivity contribution is 0.673. The molecule has 10 aromatic rings. The highest BCUT2D eigenvalue weighted by Gasteiger charge is 2.22. The van der Waals surface area contributed by atoms with Crippen LogP contribution in [0.4, 0.5) is 17.1 Å². The van der Waals surface area contributed by atoms with Crippen molar-refractivity contribution in [1.29, 1.82) is 0 Å². The topological polar surface area (TPSA) is 16.4 Å². The molecule has 0 N–H and O–H groups in total. The van der Waals surface area contributed by atoms with Crippen LogP contribution in [0.3, 0.4) is 0 Å². The van der Waals surface area contributed by atoms with Gasteiger partial charge >= 0.3 is 0 Å². The van der Waals surface area contributed by atoms with Crippen LogP contribution < -0.4 is 4.90 Å². The Morgan fingerprint density at radius 1 is 0.308 bits per heavy atom. The zero-order valence-electron chi connectivity index (χ0n) is 28.4. The third-order valence-electron chi connectivity index (χ3n) is 10.3. The molecule has 0 saturated heterocycles. The van der Waals surface area contributed by atoms with Gasteiger partial charge in [0.05, 0.1) is 11.4 Å². The largest absolute Gasteiger partial charge is 0.453 e. The second-order valence-corrected chi connectivity index (χ2v) is 13.3. The summed E-state index contributed by atoms with van der Waals surface area (Å²) < 4.78 is 7.05. The van der Waals surface area contributed by atoms with Gasteiger partial charge in [0.2, 0.25) is 0 Å². The minimum absolute atomic E-state index is 0.860. The zero-order chi connectivity index (χ0) is 34.4. The van der Waals surface area contributed by atoms with Crippen molar-refractivity contribution < 1.29 is 4.42 Å². The molecular weight excluding hydrogens is 631 g/mol. The standard InChI is InChI=1S/C50H33NO/c1-3-13-34(14-4-1)36-25-27-39(28-26-36)45-33-46-44-22-12-24-48(50(44)52-49(46)43-21-10-9-20-42(43)45)51(47-23-11-18-38-17-7-8-19-41(38)47)40-31-29-37(30-32-40)35-15-5-2-6-16-35/h1-33H. The summed E-state index contributed by atoms with van der Waals surface area (Å²) in [5.41, 5.74) is 12.1.